The van der Waals surface area contributed by atoms with E-state index >= 15 is 0 Å². The highest BCUT2D eigenvalue weighted by molar-refractivity contribution is 5.93. The van der Waals surface area contributed by atoms with Crippen LogP contribution in [-0.2, 0) is 9.47 Å². The predicted molar refractivity (Wildman–Crippen MR) is 149 cm³/mol. The number of hydrazine groups is 1. The highest BCUT2D eigenvalue weighted by atomic mass is 16.5. The number of nitrogens with one attached hydrogen (secondary N) is 1. The standard InChI is InChI=1S/C28H32N6O4/c1-35-11-13-37-26-16-23-25(17-27(26)38-14-12-36-2)31-19-32-28(23)33-21-8-6-7-20(15-21)24(29)18-34(30)22-9-4-3-5-10-22/h3-10,15-19H,11-14,29-30H2,1-2H3,(H,31,32,33)/b24-18-. The minimum absolute atomic E-state index is 0.369. The van der Waals surface area contributed by atoms with Gasteiger partial charge < -0.3 is 30.0 Å². The van der Waals surface area contributed by atoms with E-state index in [1.807, 2.05) is 66.7 Å². The SMILES string of the molecule is COCCOc1cc2ncnc(Nc3cccc(/C(N)=C/N(N)c4ccccc4)c3)c2cc1OCCOC. The molecule has 0 spiro atoms. The number of methoxy groups -OCH3 is 2. The molecular formula is C28H32N6O4. The van der Waals surface area contributed by atoms with Crippen molar-refractivity contribution in [3.63, 3.8) is 0 Å². The van der Waals surface area contributed by atoms with Crippen molar-refractivity contribution in [2.24, 2.45) is 11.6 Å². The van der Waals surface area contributed by atoms with Crippen LogP contribution in [0.3, 0.4) is 0 Å². The lowest BCUT2D eigenvalue weighted by Gasteiger charge is -2.16. The number of fused-ring (bicyclic) bond motifs is 1. The van der Waals surface area contributed by atoms with Crippen molar-refractivity contribution in [2.75, 3.05) is 51.0 Å². The first-order valence-electron chi connectivity index (χ1n) is 12.0. The van der Waals surface area contributed by atoms with Crippen LogP contribution in [0.15, 0.2) is 79.3 Å². The maximum absolute atomic E-state index is 6.37. The van der Waals surface area contributed by atoms with Crippen molar-refractivity contribution in [1.82, 2.24) is 9.97 Å². The second-order valence-corrected chi connectivity index (χ2v) is 8.25. The molecule has 0 atom stereocenters. The van der Waals surface area contributed by atoms with Crippen molar-refractivity contribution < 1.29 is 18.9 Å². The maximum atomic E-state index is 6.37. The van der Waals surface area contributed by atoms with Gasteiger partial charge in [-0.3, -0.25) is 5.01 Å². The average molecular weight is 517 g/mol. The number of benzene rings is 3. The molecule has 1 heterocycles. The molecule has 198 valence electrons. The molecule has 0 saturated heterocycles. The van der Waals surface area contributed by atoms with Gasteiger partial charge in [0.1, 0.15) is 25.4 Å². The highest BCUT2D eigenvalue weighted by Crippen LogP contribution is 2.35. The molecule has 0 aliphatic heterocycles. The molecule has 10 heteroatoms. The topological polar surface area (TPSA) is 130 Å². The molecule has 0 radical (unpaired) electrons. The van der Waals surface area contributed by atoms with Crippen LogP contribution in [0.25, 0.3) is 16.6 Å². The van der Waals surface area contributed by atoms with Crippen molar-refractivity contribution in [2.45, 2.75) is 0 Å². The van der Waals surface area contributed by atoms with E-state index in [2.05, 4.69) is 15.3 Å². The summed E-state index contributed by atoms with van der Waals surface area (Å²) in [5.74, 6) is 7.92. The largest absolute Gasteiger partial charge is 0.487 e. The van der Waals surface area contributed by atoms with Gasteiger partial charge in [-0.15, -0.1) is 0 Å². The van der Waals surface area contributed by atoms with Gasteiger partial charge in [0.15, 0.2) is 11.5 Å². The Hall–Kier alpha value is -4.38. The number of anilines is 3. The van der Waals surface area contributed by atoms with Gasteiger partial charge in [0.25, 0.3) is 0 Å². The van der Waals surface area contributed by atoms with Gasteiger partial charge in [-0.1, -0.05) is 30.3 Å². The Morgan fingerprint density at radius 2 is 1.58 bits per heavy atom. The number of aromatic nitrogens is 2. The van der Waals surface area contributed by atoms with Crippen molar-refractivity contribution in [1.29, 1.82) is 0 Å². The number of nitrogens with zero attached hydrogens (tertiary/aromatic N) is 3. The summed E-state index contributed by atoms with van der Waals surface area (Å²) < 4.78 is 22.0. The second-order valence-electron chi connectivity index (χ2n) is 8.25. The van der Waals surface area contributed by atoms with Crippen LogP contribution in [0.4, 0.5) is 17.2 Å². The first kappa shape index (κ1) is 26.7. The molecule has 10 nitrogen and oxygen atoms in total. The lowest BCUT2D eigenvalue weighted by molar-refractivity contribution is 0.132. The molecule has 4 aromatic rings. The van der Waals surface area contributed by atoms with Gasteiger partial charge in [0.05, 0.1) is 30.1 Å². The fraction of sp³-hybridized carbons (Fsp3) is 0.214. The zero-order valence-electron chi connectivity index (χ0n) is 21.5. The number of rotatable bonds is 13. The van der Waals surface area contributed by atoms with Gasteiger partial charge in [-0.2, -0.15) is 0 Å². The van der Waals surface area contributed by atoms with Crippen LogP contribution < -0.4 is 31.4 Å². The van der Waals surface area contributed by atoms with Gasteiger partial charge in [-0.25, -0.2) is 15.8 Å². The third-order valence-electron chi connectivity index (χ3n) is 5.58. The predicted octanol–water partition coefficient (Wildman–Crippen LogP) is 4.06. The minimum Gasteiger partial charge on any atom is -0.487 e. The summed E-state index contributed by atoms with van der Waals surface area (Å²) >= 11 is 0. The van der Waals surface area contributed by atoms with Crippen LogP contribution in [-0.4, -0.2) is 50.6 Å². The number of ether oxygens (including phenoxy) is 4. The van der Waals surface area contributed by atoms with Crippen molar-refractivity contribution in [3.05, 3.63) is 84.8 Å². The van der Waals surface area contributed by atoms with Gasteiger partial charge in [-0.05, 0) is 30.3 Å². The van der Waals surface area contributed by atoms with Crippen LogP contribution in [0.2, 0.25) is 0 Å². The summed E-state index contributed by atoms with van der Waals surface area (Å²) in [6, 6.07) is 20.9. The molecule has 0 bridgehead atoms. The highest BCUT2D eigenvalue weighted by Gasteiger charge is 2.13. The molecular weight excluding hydrogens is 484 g/mol. The number of nitrogens with two attached hydrogens (primary N) is 2. The van der Waals surface area contributed by atoms with E-state index in [0.29, 0.717) is 55.0 Å². The van der Waals surface area contributed by atoms with E-state index in [9.17, 15) is 0 Å². The van der Waals surface area contributed by atoms with E-state index in [1.165, 1.54) is 11.3 Å². The van der Waals surface area contributed by atoms with Crippen LogP contribution in [0.5, 0.6) is 11.5 Å². The molecule has 0 unspecified atom stereocenters. The third-order valence-corrected chi connectivity index (χ3v) is 5.58. The van der Waals surface area contributed by atoms with Gasteiger partial charge in [0, 0.05) is 43.1 Å². The molecule has 4 rings (SSSR count). The molecule has 0 aliphatic rings. The molecule has 0 saturated carbocycles. The number of para-hydroxylation sites is 1. The summed E-state index contributed by atoms with van der Waals surface area (Å²) in [6.45, 7) is 1.64. The summed E-state index contributed by atoms with van der Waals surface area (Å²) in [6.07, 6.45) is 3.18. The zero-order valence-corrected chi connectivity index (χ0v) is 21.5. The second kappa shape index (κ2) is 13.2. The average Bonchev–Trinajstić information content (AvgIpc) is 2.94. The molecule has 0 amide bonds. The fourth-order valence-electron chi connectivity index (χ4n) is 3.67. The fourth-order valence-corrected chi connectivity index (χ4v) is 3.67. The molecule has 1 aromatic heterocycles. The first-order valence-corrected chi connectivity index (χ1v) is 12.0. The Morgan fingerprint density at radius 3 is 2.29 bits per heavy atom. The third kappa shape index (κ3) is 6.88. The number of hydrogen-bond acceptors (Lipinski definition) is 10. The minimum atomic E-state index is 0.369. The Morgan fingerprint density at radius 1 is 0.868 bits per heavy atom. The quantitative estimate of drug-likeness (QED) is 0.136. The van der Waals surface area contributed by atoms with E-state index in [0.717, 1.165) is 22.3 Å². The smallest absolute Gasteiger partial charge is 0.163 e. The Bertz CT molecular complexity index is 1370. The summed E-state index contributed by atoms with van der Waals surface area (Å²) in [5, 5.41) is 5.63. The Balaban J connectivity index is 1.60. The summed E-state index contributed by atoms with van der Waals surface area (Å²) in [4.78, 5) is 8.90. The summed E-state index contributed by atoms with van der Waals surface area (Å²) in [5.41, 5.74) is 10.0. The van der Waals surface area contributed by atoms with Gasteiger partial charge >= 0.3 is 0 Å². The number of hydrogen-bond donors (Lipinski definition) is 3. The summed E-state index contributed by atoms with van der Waals surface area (Å²) in [7, 11) is 3.25. The Kier molecular flexibility index (Phi) is 9.30. The van der Waals surface area contributed by atoms with Crippen LogP contribution in [0.1, 0.15) is 5.56 Å². The van der Waals surface area contributed by atoms with Crippen LogP contribution >= 0.6 is 0 Å². The lowest BCUT2D eigenvalue weighted by Crippen LogP contribution is -2.25. The molecule has 0 fully saturated rings. The maximum Gasteiger partial charge on any atom is 0.163 e. The lowest BCUT2D eigenvalue weighted by atomic mass is 10.1. The molecule has 5 N–H and O–H groups in total. The van der Waals surface area contributed by atoms with Gasteiger partial charge in [0.2, 0.25) is 0 Å². The molecule has 0 aliphatic carbocycles. The molecule has 38 heavy (non-hydrogen) atoms. The van der Waals surface area contributed by atoms with Crippen molar-refractivity contribution in [3.8, 4) is 11.5 Å². The van der Waals surface area contributed by atoms with E-state index in [-0.39, 0.29) is 0 Å². The normalized spacial score (nSPS) is 11.4. The molecule has 3 aromatic carbocycles. The van der Waals surface area contributed by atoms with Crippen molar-refractivity contribution >= 4 is 33.8 Å². The van der Waals surface area contributed by atoms with E-state index < -0.39 is 0 Å². The van der Waals surface area contributed by atoms with E-state index in [4.69, 9.17) is 30.5 Å². The first-order chi connectivity index (χ1) is 18.6. The van der Waals surface area contributed by atoms with E-state index in [1.54, 1.807) is 20.4 Å². The monoisotopic (exact) mass is 516 g/mol. The van der Waals surface area contributed by atoms with Crippen LogP contribution in [0, 0.1) is 0 Å². The Labute approximate surface area is 221 Å². The zero-order chi connectivity index (χ0) is 26.7.